The predicted molar refractivity (Wildman–Crippen MR) is 78.0 cm³/mol. The molecular weight excluding hydrogens is 224 g/mol. The largest absolute Gasteiger partial charge is 0.372 e. The van der Waals surface area contributed by atoms with Gasteiger partial charge in [-0.2, -0.15) is 0 Å². The van der Waals surface area contributed by atoms with E-state index >= 15 is 0 Å². The fourth-order valence-electron chi connectivity index (χ4n) is 2.81. The fourth-order valence-corrected chi connectivity index (χ4v) is 2.81. The lowest BCUT2D eigenvalue weighted by molar-refractivity contribution is 0.0191. The van der Waals surface area contributed by atoms with Crippen LogP contribution in [0, 0.1) is 0 Å². The van der Waals surface area contributed by atoms with Crippen LogP contribution in [0.15, 0.2) is 0 Å². The molecule has 18 heavy (non-hydrogen) atoms. The zero-order valence-electron chi connectivity index (χ0n) is 12.9. The van der Waals surface area contributed by atoms with E-state index in [0.29, 0.717) is 24.3 Å². The minimum atomic E-state index is 0.424. The lowest BCUT2D eigenvalue weighted by Crippen LogP contribution is -2.38. The maximum Gasteiger partial charge on any atom is 0.0707 e. The van der Waals surface area contributed by atoms with Crippen molar-refractivity contribution < 1.29 is 4.74 Å². The first kappa shape index (κ1) is 15.9. The van der Waals surface area contributed by atoms with Crippen LogP contribution < -0.4 is 5.32 Å². The molecule has 1 aliphatic heterocycles. The normalized spacial score (nSPS) is 24.7. The number of hydrogen-bond acceptors (Lipinski definition) is 3. The van der Waals surface area contributed by atoms with Crippen LogP contribution in [-0.2, 0) is 4.74 Å². The number of ether oxygens (including phenoxy) is 1. The number of likely N-dealkylation sites (N-methyl/N-ethyl adjacent to an activating group) is 1. The third-order valence-electron chi connectivity index (χ3n) is 4.01. The molecule has 2 unspecified atom stereocenters. The van der Waals surface area contributed by atoms with E-state index in [1.54, 1.807) is 0 Å². The Hall–Kier alpha value is -0.120. The molecule has 1 rings (SSSR count). The van der Waals surface area contributed by atoms with Gasteiger partial charge >= 0.3 is 0 Å². The highest BCUT2D eigenvalue weighted by atomic mass is 16.5. The van der Waals surface area contributed by atoms with Crippen LogP contribution in [0.5, 0.6) is 0 Å². The molecule has 1 N–H and O–H groups in total. The summed E-state index contributed by atoms with van der Waals surface area (Å²) in [6.07, 6.45) is 5.76. The number of rotatable bonds is 8. The Morgan fingerprint density at radius 1 is 1.17 bits per heavy atom. The van der Waals surface area contributed by atoms with Crippen molar-refractivity contribution in [2.24, 2.45) is 0 Å². The molecule has 1 heterocycles. The molecule has 2 atom stereocenters. The second-order valence-electron chi connectivity index (χ2n) is 5.93. The molecule has 0 saturated carbocycles. The third kappa shape index (κ3) is 5.25. The fraction of sp³-hybridized carbons (Fsp3) is 1.00. The predicted octanol–water partition coefficient (Wildman–Crippen LogP) is 2.65. The van der Waals surface area contributed by atoms with Gasteiger partial charge in [-0.05, 0) is 32.7 Å². The van der Waals surface area contributed by atoms with Gasteiger partial charge in [0.1, 0.15) is 0 Å². The average molecular weight is 256 g/mol. The van der Waals surface area contributed by atoms with Gasteiger partial charge in [-0.1, -0.05) is 27.7 Å². The van der Waals surface area contributed by atoms with Crippen LogP contribution in [0.4, 0.5) is 0 Å². The van der Waals surface area contributed by atoms with Crippen LogP contribution in [-0.4, -0.2) is 49.3 Å². The molecule has 1 fully saturated rings. The molecule has 3 nitrogen and oxygen atoms in total. The van der Waals surface area contributed by atoms with Crippen molar-refractivity contribution in [3.63, 3.8) is 0 Å². The van der Waals surface area contributed by atoms with Crippen LogP contribution >= 0.6 is 0 Å². The van der Waals surface area contributed by atoms with E-state index in [2.05, 4.69) is 45.0 Å². The van der Waals surface area contributed by atoms with Crippen molar-refractivity contribution in [3.05, 3.63) is 0 Å². The van der Waals surface area contributed by atoms with Crippen molar-refractivity contribution in [1.29, 1.82) is 0 Å². The Bertz CT molecular complexity index is 217. The summed E-state index contributed by atoms with van der Waals surface area (Å²) < 4.78 is 6.12. The highest BCUT2D eigenvalue weighted by Gasteiger charge is 2.27. The zero-order valence-corrected chi connectivity index (χ0v) is 12.9. The Balaban J connectivity index is 2.25. The molecule has 0 aromatic carbocycles. The van der Waals surface area contributed by atoms with E-state index in [0.717, 1.165) is 13.1 Å². The van der Waals surface area contributed by atoms with Gasteiger partial charge in [0, 0.05) is 25.2 Å². The summed E-state index contributed by atoms with van der Waals surface area (Å²) in [5, 5.41) is 3.47. The summed E-state index contributed by atoms with van der Waals surface area (Å²) in [7, 11) is 2.24. The van der Waals surface area contributed by atoms with Crippen molar-refractivity contribution in [2.75, 3.05) is 20.1 Å². The summed E-state index contributed by atoms with van der Waals surface area (Å²) in [4.78, 5) is 2.48. The SMILES string of the molecule is CCC(CC)N(C)CC1CCC(CNC(C)C)O1. The van der Waals surface area contributed by atoms with E-state index < -0.39 is 0 Å². The van der Waals surface area contributed by atoms with Crippen LogP contribution in [0.1, 0.15) is 53.4 Å². The van der Waals surface area contributed by atoms with Gasteiger partial charge in [0.2, 0.25) is 0 Å². The molecule has 0 radical (unpaired) electrons. The maximum absolute atomic E-state index is 6.12. The second kappa shape index (κ2) is 8.13. The molecule has 0 aromatic heterocycles. The van der Waals surface area contributed by atoms with Crippen LogP contribution in [0.2, 0.25) is 0 Å². The van der Waals surface area contributed by atoms with Crippen LogP contribution in [0.25, 0.3) is 0 Å². The molecule has 108 valence electrons. The van der Waals surface area contributed by atoms with E-state index in [-0.39, 0.29) is 0 Å². The monoisotopic (exact) mass is 256 g/mol. The van der Waals surface area contributed by atoms with E-state index in [9.17, 15) is 0 Å². The topological polar surface area (TPSA) is 24.5 Å². The molecule has 0 amide bonds. The Labute approximate surface area is 113 Å². The quantitative estimate of drug-likeness (QED) is 0.722. The highest BCUT2D eigenvalue weighted by molar-refractivity contribution is 4.79. The third-order valence-corrected chi connectivity index (χ3v) is 4.01. The van der Waals surface area contributed by atoms with Gasteiger partial charge in [-0.25, -0.2) is 0 Å². The molecule has 0 aliphatic carbocycles. The summed E-state index contributed by atoms with van der Waals surface area (Å²) >= 11 is 0. The molecule has 3 heteroatoms. The van der Waals surface area contributed by atoms with Gasteiger partial charge < -0.3 is 15.0 Å². The minimum Gasteiger partial charge on any atom is -0.372 e. The zero-order chi connectivity index (χ0) is 13.5. The van der Waals surface area contributed by atoms with Crippen molar-refractivity contribution >= 4 is 0 Å². The Kier molecular flexibility index (Phi) is 7.20. The summed E-state index contributed by atoms with van der Waals surface area (Å²) in [6, 6.07) is 1.27. The van der Waals surface area contributed by atoms with Gasteiger partial charge in [0.25, 0.3) is 0 Å². The van der Waals surface area contributed by atoms with Gasteiger partial charge in [0.15, 0.2) is 0 Å². The molecule has 0 aromatic rings. The van der Waals surface area contributed by atoms with E-state index in [1.807, 2.05) is 0 Å². The molecule has 1 saturated heterocycles. The van der Waals surface area contributed by atoms with Gasteiger partial charge in [-0.3, -0.25) is 0 Å². The number of hydrogen-bond donors (Lipinski definition) is 1. The number of nitrogens with one attached hydrogen (secondary N) is 1. The first-order valence-corrected chi connectivity index (χ1v) is 7.65. The van der Waals surface area contributed by atoms with E-state index in [4.69, 9.17) is 4.74 Å². The second-order valence-corrected chi connectivity index (χ2v) is 5.93. The van der Waals surface area contributed by atoms with Crippen molar-refractivity contribution in [1.82, 2.24) is 10.2 Å². The van der Waals surface area contributed by atoms with Gasteiger partial charge in [-0.15, -0.1) is 0 Å². The van der Waals surface area contributed by atoms with Crippen molar-refractivity contribution in [2.45, 2.75) is 77.7 Å². The lowest BCUT2D eigenvalue weighted by atomic mass is 10.1. The minimum absolute atomic E-state index is 0.424. The lowest BCUT2D eigenvalue weighted by Gasteiger charge is -2.28. The smallest absolute Gasteiger partial charge is 0.0707 e. The molecule has 1 aliphatic rings. The standard InChI is InChI=1S/C15H32N2O/c1-6-13(7-2)17(5)11-15-9-8-14(18-15)10-16-12(3)4/h12-16H,6-11H2,1-5H3. The molecular formula is C15H32N2O. The maximum atomic E-state index is 6.12. The van der Waals surface area contributed by atoms with Gasteiger partial charge in [0.05, 0.1) is 12.2 Å². The Morgan fingerprint density at radius 3 is 2.33 bits per heavy atom. The first-order chi connectivity index (χ1) is 8.56. The first-order valence-electron chi connectivity index (χ1n) is 7.65. The summed E-state index contributed by atoms with van der Waals surface area (Å²) in [6.45, 7) is 11.0. The number of nitrogens with zero attached hydrogens (tertiary/aromatic N) is 1. The van der Waals surface area contributed by atoms with Crippen LogP contribution in [0.3, 0.4) is 0 Å². The molecule has 0 bridgehead atoms. The summed E-state index contributed by atoms with van der Waals surface area (Å²) in [5.74, 6) is 0. The van der Waals surface area contributed by atoms with Crippen molar-refractivity contribution in [3.8, 4) is 0 Å². The average Bonchev–Trinajstić information content (AvgIpc) is 2.75. The molecule has 0 spiro atoms. The Morgan fingerprint density at radius 2 is 1.78 bits per heavy atom. The van der Waals surface area contributed by atoms with E-state index in [1.165, 1.54) is 25.7 Å². The summed E-state index contributed by atoms with van der Waals surface area (Å²) in [5.41, 5.74) is 0. The highest BCUT2D eigenvalue weighted by Crippen LogP contribution is 2.21.